The molecule has 112 valence electrons. The van der Waals surface area contributed by atoms with Crippen LogP contribution in [-0.4, -0.2) is 32.9 Å². The summed E-state index contributed by atoms with van der Waals surface area (Å²) < 4.78 is 13.3. The molecule has 2 heterocycles. The van der Waals surface area contributed by atoms with E-state index in [0.29, 0.717) is 6.61 Å². The monoisotopic (exact) mass is 306 g/mol. The highest BCUT2D eigenvalue weighted by Gasteiger charge is 2.22. The molecule has 0 saturated carbocycles. The van der Waals surface area contributed by atoms with Gasteiger partial charge in [0.15, 0.2) is 0 Å². The van der Waals surface area contributed by atoms with Gasteiger partial charge in [-0.15, -0.1) is 5.10 Å². The number of rotatable bonds is 5. The minimum Gasteiger partial charge on any atom is -0.494 e. The number of nitrogens with zero attached hydrogens (tertiary/aromatic N) is 4. The first-order valence-corrected chi connectivity index (χ1v) is 7.96. The van der Waals surface area contributed by atoms with Crippen LogP contribution in [0.3, 0.4) is 0 Å². The van der Waals surface area contributed by atoms with Gasteiger partial charge in [-0.3, -0.25) is 0 Å². The summed E-state index contributed by atoms with van der Waals surface area (Å²) in [5, 5.41) is 12.2. The summed E-state index contributed by atoms with van der Waals surface area (Å²) >= 11 is 1.58. The predicted molar refractivity (Wildman–Crippen MR) is 79.8 cm³/mol. The van der Waals surface area contributed by atoms with E-state index in [1.807, 2.05) is 14.0 Å². The summed E-state index contributed by atoms with van der Waals surface area (Å²) in [6.45, 7) is 4.73. The van der Waals surface area contributed by atoms with Crippen molar-refractivity contribution in [3.8, 4) is 11.5 Å². The van der Waals surface area contributed by atoms with Gasteiger partial charge >= 0.3 is 0 Å². The Hall–Kier alpha value is -1.76. The Morgan fingerprint density at radius 2 is 2.33 bits per heavy atom. The van der Waals surface area contributed by atoms with Crippen LogP contribution in [-0.2, 0) is 19.2 Å². The van der Waals surface area contributed by atoms with E-state index in [4.69, 9.17) is 9.47 Å². The van der Waals surface area contributed by atoms with Gasteiger partial charge in [0, 0.05) is 30.3 Å². The van der Waals surface area contributed by atoms with E-state index in [2.05, 4.69) is 34.6 Å². The lowest BCUT2D eigenvalue weighted by molar-refractivity contribution is 0.254. The molecular formula is C14H18N4O2S. The number of fused-ring (bicyclic) bond motifs is 1. The van der Waals surface area contributed by atoms with Crippen LogP contribution in [0.1, 0.15) is 25.0 Å². The maximum Gasteiger partial charge on any atom is 0.209 e. The maximum atomic E-state index is 5.83. The molecule has 1 aromatic heterocycles. The fourth-order valence-corrected chi connectivity index (χ4v) is 3.20. The van der Waals surface area contributed by atoms with Gasteiger partial charge in [0.25, 0.3) is 0 Å². The Labute approximate surface area is 127 Å². The van der Waals surface area contributed by atoms with Crippen LogP contribution in [0.4, 0.5) is 0 Å². The highest BCUT2D eigenvalue weighted by Crippen LogP contribution is 2.37. The Bertz CT molecular complexity index is 644. The van der Waals surface area contributed by atoms with Crippen LogP contribution < -0.4 is 9.47 Å². The van der Waals surface area contributed by atoms with E-state index >= 15 is 0 Å². The van der Waals surface area contributed by atoms with Crippen molar-refractivity contribution in [1.82, 2.24) is 20.2 Å². The van der Waals surface area contributed by atoms with Crippen molar-refractivity contribution in [2.45, 2.75) is 37.3 Å². The van der Waals surface area contributed by atoms with Crippen LogP contribution in [0.15, 0.2) is 17.3 Å². The van der Waals surface area contributed by atoms with Crippen LogP contribution in [0.25, 0.3) is 0 Å². The molecule has 0 amide bonds. The molecule has 0 spiro atoms. The fourth-order valence-electron chi connectivity index (χ4n) is 2.37. The number of hydrogen-bond donors (Lipinski definition) is 0. The molecule has 3 rings (SSSR count). The van der Waals surface area contributed by atoms with Gasteiger partial charge in [0.05, 0.1) is 6.61 Å². The molecule has 0 unspecified atom stereocenters. The Balaban J connectivity index is 1.83. The smallest absolute Gasteiger partial charge is 0.209 e. The number of ether oxygens (including phenoxy) is 2. The SMILES string of the molecule is CCOc1cc2c(cc1CSc1nnnn1C)O[C@@H](C)C2. The Morgan fingerprint density at radius 1 is 1.48 bits per heavy atom. The van der Waals surface area contributed by atoms with E-state index in [9.17, 15) is 0 Å². The molecule has 1 atom stereocenters. The summed E-state index contributed by atoms with van der Waals surface area (Å²) in [5.41, 5.74) is 2.33. The first-order valence-electron chi connectivity index (χ1n) is 6.97. The molecule has 0 bridgehead atoms. The van der Waals surface area contributed by atoms with Crippen molar-refractivity contribution in [2.75, 3.05) is 6.61 Å². The van der Waals surface area contributed by atoms with E-state index < -0.39 is 0 Å². The second kappa shape index (κ2) is 5.93. The second-order valence-electron chi connectivity index (χ2n) is 5.01. The average molecular weight is 306 g/mol. The minimum atomic E-state index is 0.236. The maximum absolute atomic E-state index is 5.83. The zero-order chi connectivity index (χ0) is 14.8. The van der Waals surface area contributed by atoms with Gasteiger partial charge in [-0.25, -0.2) is 4.68 Å². The Kier molecular flexibility index (Phi) is 4.01. The summed E-state index contributed by atoms with van der Waals surface area (Å²) in [4.78, 5) is 0. The molecule has 1 aliphatic rings. The molecule has 0 fully saturated rings. The molecule has 0 N–H and O–H groups in total. The van der Waals surface area contributed by atoms with E-state index in [0.717, 1.165) is 34.4 Å². The van der Waals surface area contributed by atoms with Crippen molar-refractivity contribution in [3.63, 3.8) is 0 Å². The largest absolute Gasteiger partial charge is 0.494 e. The third-order valence-electron chi connectivity index (χ3n) is 3.32. The molecule has 0 aliphatic carbocycles. The molecular weight excluding hydrogens is 288 g/mol. The first kappa shape index (κ1) is 14.2. The van der Waals surface area contributed by atoms with Crippen molar-refractivity contribution < 1.29 is 9.47 Å². The highest BCUT2D eigenvalue weighted by molar-refractivity contribution is 7.98. The topological polar surface area (TPSA) is 62.1 Å². The lowest BCUT2D eigenvalue weighted by atomic mass is 10.1. The van der Waals surface area contributed by atoms with Crippen molar-refractivity contribution in [3.05, 3.63) is 23.3 Å². The normalized spacial score (nSPS) is 16.6. The summed E-state index contributed by atoms with van der Waals surface area (Å²) in [5.74, 6) is 2.64. The fraction of sp³-hybridized carbons (Fsp3) is 0.500. The van der Waals surface area contributed by atoms with E-state index in [-0.39, 0.29) is 6.10 Å². The number of aromatic nitrogens is 4. The first-order chi connectivity index (χ1) is 10.2. The van der Waals surface area contributed by atoms with Gasteiger partial charge in [-0.1, -0.05) is 11.8 Å². The third kappa shape index (κ3) is 2.97. The zero-order valence-electron chi connectivity index (χ0n) is 12.4. The van der Waals surface area contributed by atoms with Crippen molar-refractivity contribution in [1.29, 1.82) is 0 Å². The molecule has 0 radical (unpaired) electrons. The van der Waals surface area contributed by atoms with Gasteiger partial charge in [-0.2, -0.15) is 0 Å². The molecule has 21 heavy (non-hydrogen) atoms. The standard InChI is InChI=1S/C14H18N4O2S/c1-4-19-12-6-10-5-9(2)20-13(10)7-11(12)8-21-14-15-16-17-18(14)3/h6-7,9H,4-5,8H2,1-3H3/t9-/m0/s1. The lowest BCUT2D eigenvalue weighted by Gasteiger charge is -2.12. The average Bonchev–Trinajstić information content (AvgIpc) is 3.01. The number of tetrazole rings is 1. The molecule has 1 aromatic carbocycles. The van der Waals surface area contributed by atoms with Gasteiger partial charge in [-0.05, 0) is 36.4 Å². The Morgan fingerprint density at radius 3 is 3.05 bits per heavy atom. The summed E-state index contributed by atoms with van der Waals surface area (Å²) in [7, 11) is 1.83. The minimum absolute atomic E-state index is 0.236. The van der Waals surface area contributed by atoms with Crippen LogP contribution in [0.2, 0.25) is 0 Å². The summed E-state index contributed by atoms with van der Waals surface area (Å²) in [6.07, 6.45) is 1.18. The van der Waals surface area contributed by atoms with Crippen molar-refractivity contribution >= 4 is 11.8 Å². The molecule has 6 nitrogen and oxygen atoms in total. The van der Waals surface area contributed by atoms with Crippen molar-refractivity contribution in [2.24, 2.45) is 7.05 Å². The zero-order valence-corrected chi connectivity index (χ0v) is 13.2. The predicted octanol–water partition coefficient (Wildman–Crippen LogP) is 2.22. The van der Waals surface area contributed by atoms with Gasteiger partial charge in [0.2, 0.25) is 5.16 Å². The molecule has 7 heteroatoms. The third-order valence-corrected chi connectivity index (χ3v) is 4.38. The number of hydrogen-bond acceptors (Lipinski definition) is 6. The molecule has 1 aliphatic heterocycles. The van der Waals surface area contributed by atoms with Gasteiger partial charge < -0.3 is 9.47 Å². The number of aryl methyl sites for hydroxylation is 1. The second-order valence-corrected chi connectivity index (χ2v) is 5.95. The van der Waals surface area contributed by atoms with E-state index in [1.54, 1.807) is 16.4 Å². The lowest BCUT2D eigenvalue weighted by Crippen LogP contribution is -2.05. The van der Waals surface area contributed by atoms with Crippen LogP contribution in [0.5, 0.6) is 11.5 Å². The quantitative estimate of drug-likeness (QED) is 0.789. The molecule has 0 saturated heterocycles. The van der Waals surface area contributed by atoms with Gasteiger partial charge in [0.1, 0.15) is 17.6 Å². The summed E-state index contributed by atoms with van der Waals surface area (Å²) in [6, 6.07) is 4.19. The van der Waals surface area contributed by atoms with Crippen LogP contribution in [0, 0.1) is 0 Å². The van der Waals surface area contributed by atoms with E-state index in [1.165, 1.54) is 5.56 Å². The number of thioether (sulfide) groups is 1. The molecule has 2 aromatic rings. The number of benzene rings is 1. The van der Waals surface area contributed by atoms with Crippen LogP contribution >= 0.6 is 11.8 Å². The highest BCUT2D eigenvalue weighted by atomic mass is 32.2.